The number of fused-ring (bicyclic) bond motifs is 1. The van der Waals surface area contributed by atoms with Crippen LogP contribution in [-0.2, 0) is 0 Å². The number of piperidine rings is 1. The van der Waals surface area contributed by atoms with Crippen LogP contribution in [0.5, 0.6) is 5.75 Å². The number of aromatic carboxylic acids is 1. The maximum Gasteiger partial charge on any atom is 0.354 e. The van der Waals surface area contributed by atoms with Crippen molar-refractivity contribution in [2.24, 2.45) is 0 Å². The standard InChI is InChI=1S/C18H22N2O3/c1-12(2)20-9-7-14(8-10-20)23-15-4-6-16-13(11-15)3-5-17(19-16)18(21)22/h3-6,11-12,14H,7-10H2,1-2H3,(H,21,22). The van der Waals surface area contributed by atoms with Crippen molar-refractivity contribution in [2.45, 2.75) is 38.8 Å². The van der Waals surface area contributed by atoms with Crippen molar-refractivity contribution in [2.75, 3.05) is 13.1 Å². The van der Waals surface area contributed by atoms with Gasteiger partial charge in [-0.05, 0) is 51.0 Å². The first-order valence-electron chi connectivity index (χ1n) is 8.08. The third-order valence-electron chi connectivity index (χ3n) is 4.39. The molecule has 23 heavy (non-hydrogen) atoms. The molecule has 1 saturated heterocycles. The van der Waals surface area contributed by atoms with Crippen molar-refractivity contribution in [3.8, 4) is 5.75 Å². The molecule has 1 aromatic carbocycles. The Morgan fingerprint density at radius 2 is 2.00 bits per heavy atom. The number of hydrogen-bond acceptors (Lipinski definition) is 4. The normalized spacial score (nSPS) is 16.8. The first-order valence-corrected chi connectivity index (χ1v) is 8.08. The first-order chi connectivity index (χ1) is 11.0. The Labute approximate surface area is 135 Å². The Balaban J connectivity index is 1.69. The Kier molecular flexibility index (Phi) is 4.48. The summed E-state index contributed by atoms with van der Waals surface area (Å²) in [5.74, 6) is -0.186. The fourth-order valence-corrected chi connectivity index (χ4v) is 3.00. The Morgan fingerprint density at radius 3 is 2.65 bits per heavy atom. The molecule has 122 valence electrons. The van der Waals surface area contributed by atoms with Crippen LogP contribution < -0.4 is 4.74 Å². The lowest BCUT2D eigenvalue weighted by molar-refractivity contribution is 0.0691. The first kappa shape index (κ1) is 15.7. The molecule has 1 aromatic heterocycles. The molecule has 5 heteroatoms. The van der Waals surface area contributed by atoms with Gasteiger partial charge in [-0.1, -0.05) is 6.07 Å². The molecule has 0 amide bonds. The quantitative estimate of drug-likeness (QED) is 0.939. The van der Waals surface area contributed by atoms with E-state index in [1.54, 1.807) is 6.07 Å². The second-order valence-corrected chi connectivity index (χ2v) is 6.30. The third kappa shape index (κ3) is 3.62. The molecule has 2 heterocycles. The molecule has 5 nitrogen and oxygen atoms in total. The number of rotatable bonds is 4. The SMILES string of the molecule is CC(C)N1CCC(Oc2ccc3nc(C(=O)O)ccc3c2)CC1. The van der Waals surface area contributed by atoms with Crippen molar-refractivity contribution in [3.05, 3.63) is 36.0 Å². The number of hydrogen-bond donors (Lipinski definition) is 1. The second-order valence-electron chi connectivity index (χ2n) is 6.30. The highest BCUT2D eigenvalue weighted by molar-refractivity contribution is 5.90. The van der Waals surface area contributed by atoms with E-state index in [9.17, 15) is 4.79 Å². The molecule has 3 rings (SSSR count). The van der Waals surface area contributed by atoms with Gasteiger partial charge >= 0.3 is 5.97 Å². The number of carboxylic acids is 1. The zero-order valence-corrected chi connectivity index (χ0v) is 13.5. The number of carbonyl (C=O) groups is 1. The molecule has 0 aliphatic carbocycles. The lowest BCUT2D eigenvalue weighted by Crippen LogP contribution is -2.41. The number of nitrogens with zero attached hydrogens (tertiary/aromatic N) is 2. The van der Waals surface area contributed by atoms with Crippen molar-refractivity contribution in [3.63, 3.8) is 0 Å². The minimum Gasteiger partial charge on any atom is -0.490 e. The molecule has 1 aliphatic rings. The molecule has 1 fully saturated rings. The fraction of sp³-hybridized carbons (Fsp3) is 0.444. The topological polar surface area (TPSA) is 62.7 Å². The molecule has 0 spiro atoms. The number of benzene rings is 1. The number of carboxylic acid groups (broad SMARTS) is 1. The zero-order chi connectivity index (χ0) is 16.4. The summed E-state index contributed by atoms with van der Waals surface area (Å²) >= 11 is 0. The van der Waals surface area contributed by atoms with Gasteiger partial charge in [-0.25, -0.2) is 9.78 Å². The largest absolute Gasteiger partial charge is 0.490 e. The van der Waals surface area contributed by atoms with E-state index in [4.69, 9.17) is 9.84 Å². The summed E-state index contributed by atoms with van der Waals surface area (Å²) in [6, 6.07) is 9.51. The summed E-state index contributed by atoms with van der Waals surface area (Å²) in [6.45, 7) is 6.59. The number of pyridine rings is 1. The Morgan fingerprint density at radius 1 is 1.26 bits per heavy atom. The van der Waals surface area contributed by atoms with Gasteiger partial charge in [0.2, 0.25) is 0 Å². The predicted molar refractivity (Wildman–Crippen MR) is 89.1 cm³/mol. The monoisotopic (exact) mass is 314 g/mol. The minimum absolute atomic E-state index is 0.0622. The van der Waals surface area contributed by atoms with E-state index in [0.29, 0.717) is 11.6 Å². The van der Waals surface area contributed by atoms with Crippen molar-refractivity contribution in [1.29, 1.82) is 0 Å². The molecular weight excluding hydrogens is 292 g/mol. The van der Waals surface area contributed by atoms with E-state index in [0.717, 1.165) is 37.1 Å². The van der Waals surface area contributed by atoms with Crippen LogP contribution in [0.2, 0.25) is 0 Å². The minimum atomic E-state index is -1.01. The molecule has 0 atom stereocenters. The maximum absolute atomic E-state index is 11.0. The van der Waals surface area contributed by atoms with Crippen LogP contribution in [0.1, 0.15) is 37.2 Å². The van der Waals surface area contributed by atoms with E-state index < -0.39 is 5.97 Å². The van der Waals surface area contributed by atoms with Crippen molar-refractivity contribution < 1.29 is 14.6 Å². The molecule has 1 N–H and O–H groups in total. The Hall–Kier alpha value is -2.14. The highest BCUT2D eigenvalue weighted by atomic mass is 16.5. The van der Waals surface area contributed by atoms with Crippen LogP contribution in [0.4, 0.5) is 0 Å². The van der Waals surface area contributed by atoms with Crippen LogP contribution in [0, 0.1) is 0 Å². The van der Waals surface area contributed by atoms with E-state index >= 15 is 0 Å². The van der Waals surface area contributed by atoms with Crippen molar-refractivity contribution in [1.82, 2.24) is 9.88 Å². The molecule has 0 saturated carbocycles. The van der Waals surface area contributed by atoms with E-state index in [1.807, 2.05) is 18.2 Å². The second kappa shape index (κ2) is 6.54. The van der Waals surface area contributed by atoms with Gasteiger partial charge in [0.05, 0.1) is 5.52 Å². The van der Waals surface area contributed by atoms with E-state index in [2.05, 4.69) is 23.7 Å². The molecule has 0 radical (unpaired) electrons. The lowest BCUT2D eigenvalue weighted by atomic mass is 10.1. The summed E-state index contributed by atoms with van der Waals surface area (Å²) in [7, 11) is 0. The van der Waals surface area contributed by atoms with Crippen LogP contribution in [-0.4, -0.2) is 46.2 Å². The van der Waals surface area contributed by atoms with Gasteiger partial charge in [-0.2, -0.15) is 0 Å². The number of likely N-dealkylation sites (tertiary alicyclic amines) is 1. The average Bonchev–Trinajstić information content (AvgIpc) is 2.54. The van der Waals surface area contributed by atoms with Gasteiger partial charge in [0.1, 0.15) is 17.5 Å². The summed E-state index contributed by atoms with van der Waals surface area (Å²) in [4.78, 5) is 17.6. The van der Waals surface area contributed by atoms with Gasteiger partial charge in [0.25, 0.3) is 0 Å². The molecular formula is C18H22N2O3. The van der Waals surface area contributed by atoms with Crippen LogP contribution in [0.15, 0.2) is 30.3 Å². The van der Waals surface area contributed by atoms with Crippen LogP contribution in [0.3, 0.4) is 0 Å². The number of aromatic nitrogens is 1. The van der Waals surface area contributed by atoms with Crippen LogP contribution in [0.25, 0.3) is 10.9 Å². The maximum atomic E-state index is 11.0. The van der Waals surface area contributed by atoms with Gasteiger partial charge in [0.15, 0.2) is 0 Å². The average molecular weight is 314 g/mol. The van der Waals surface area contributed by atoms with Gasteiger partial charge in [-0.3, -0.25) is 0 Å². The summed E-state index contributed by atoms with van der Waals surface area (Å²) in [5.41, 5.74) is 0.735. The summed E-state index contributed by atoms with van der Waals surface area (Å²) < 4.78 is 6.10. The smallest absolute Gasteiger partial charge is 0.354 e. The third-order valence-corrected chi connectivity index (χ3v) is 4.39. The van der Waals surface area contributed by atoms with E-state index in [-0.39, 0.29) is 11.8 Å². The van der Waals surface area contributed by atoms with E-state index in [1.165, 1.54) is 6.07 Å². The summed E-state index contributed by atoms with van der Waals surface area (Å²) in [5, 5.41) is 9.88. The number of ether oxygens (including phenoxy) is 1. The summed E-state index contributed by atoms with van der Waals surface area (Å²) in [6.07, 6.45) is 2.31. The molecule has 2 aromatic rings. The van der Waals surface area contributed by atoms with Gasteiger partial charge in [-0.15, -0.1) is 0 Å². The van der Waals surface area contributed by atoms with Crippen LogP contribution >= 0.6 is 0 Å². The highest BCUT2D eigenvalue weighted by Crippen LogP contribution is 2.24. The lowest BCUT2D eigenvalue weighted by Gasteiger charge is -2.34. The Bertz CT molecular complexity index is 706. The van der Waals surface area contributed by atoms with Gasteiger partial charge < -0.3 is 14.7 Å². The predicted octanol–water partition coefficient (Wildman–Crippen LogP) is 3.18. The van der Waals surface area contributed by atoms with Gasteiger partial charge in [0, 0.05) is 24.5 Å². The highest BCUT2D eigenvalue weighted by Gasteiger charge is 2.22. The molecule has 1 aliphatic heterocycles. The fourth-order valence-electron chi connectivity index (χ4n) is 3.00. The van der Waals surface area contributed by atoms with Crippen molar-refractivity contribution >= 4 is 16.9 Å². The zero-order valence-electron chi connectivity index (χ0n) is 13.5. The molecule has 0 bridgehead atoms. The molecule has 0 unspecified atom stereocenters.